The molecule has 2 N–H and O–H groups in total. The number of rotatable bonds is 4. The molecule has 0 spiro atoms. The van der Waals surface area contributed by atoms with Gasteiger partial charge in [0.1, 0.15) is 5.75 Å². The summed E-state index contributed by atoms with van der Waals surface area (Å²) in [5.41, 5.74) is 6.95. The molecule has 0 aliphatic carbocycles. The highest BCUT2D eigenvalue weighted by Crippen LogP contribution is 2.29. The number of halogens is 2. The second-order valence-corrected chi connectivity index (χ2v) is 4.64. The van der Waals surface area contributed by atoms with Gasteiger partial charge < -0.3 is 10.5 Å². The maximum Gasteiger partial charge on any atom is 0.184 e. The van der Waals surface area contributed by atoms with Crippen molar-refractivity contribution < 1.29 is 9.13 Å². The van der Waals surface area contributed by atoms with E-state index in [9.17, 15) is 4.39 Å². The van der Waals surface area contributed by atoms with E-state index >= 15 is 0 Å². The van der Waals surface area contributed by atoms with Crippen LogP contribution in [0.5, 0.6) is 11.5 Å². The zero-order valence-corrected chi connectivity index (χ0v) is 11.3. The van der Waals surface area contributed by atoms with Gasteiger partial charge in [0.25, 0.3) is 0 Å². The summed E-state index contributed by atoms with van der Waals surface area (Å²) in [4.78, 5) is 0. The van der Waals surface area contributed by atoms with Crippen LogP contribution in [-0.4, -0.2) is 0 Å². The number of hydrogen-bond donors (Lipinski definition) is 1. The monoisotopic (exact) mass is 279 g/mol. The Morgan fingerprint density at radius 3 is 2.53 bits per heavy atom. The molecular formula is C15H15ClFNO. The zero-order chi connectivity index (χ0) is 13.8. The van der Waals surface area contributed by atoms with Gasteiger partial charge in [-0.3, -0.25) is 0 Å². The summed E-state index contributed by atoms with van der Waals surface area (Å²) in [5, 5.41) is 0.0436. The highest BCUT2D eigenvalue weighted by atomic mass is 35.5. The first-order valence-corrected chi connectivity index (χ1v) is 6.47. The van der Waals surface area contributed by atoms with Crippen molar-refractivity contribution in [2.24, 2.45) is 5.73 Å². The summed E-state index contributed by atoms with van der Waals surface area (Å²) in [6.07, 6.45) is 0.864. The highest BCUT2D eigenvalue weighted by molar-refractivity contribution is 6.30. The first-order chi connectivity index (χ1) is 9.11. The summed E-state index contributed by atoms with van der Waals surface area (Å²) < 4.78 is 19.1. The number of benzene rings is 2. The molecule has 0 aliphatic heterocycles. The molecular weight excluding hydrogens is 265 g/mol. The van der Waals surface area contributed by atoms with E-state index in [0.29, 0.717) is 5.75 Å². The van der Waals surface area contributed by atoms with Crippen LogP contribution in [0.25, 0.3) is 0 Å². The average Bonchev–Trinajstić information content (AvgIpc) is 2.44. The van der Waals surface area contributed by atoms with Crippen LogP contribution in [0.15, 0.2) is 42.5 Å². The summed E-state index contributed by atoms with van der Waals surface area (Å²) in [6, 6.07) is 12.0. The largest absolute Gasteiger partial charge is 0.454 e. The van der Waals surface area contributed by atoms with Gasteiger partial charge in [0.05, 0.1) is 5.02 Å². The molecule has 19 heavy (non-hydrogen) atoms. The van der Waals surface area contributed by atoms with Gasteiger partial charge in [0.15, 0.2) is 11.6 Å². The molecule has 0 aliphatic rings. The molecule has 1 atom stereocenters. The molecule has 0 fully saturated rings. The minimum Gasteiger partial charge on any atom is -0.454 e. The van der Waals surface area contributed by atoms with Gasteiger partial charge >= 0.3 is 0 Å². The molecule has 1 unspecified atom stereocenters. The summed E-state index contributed by atoms with van der Waals surface area (Å²) in [6.45, 7) is 2.02. The molecule has 100 valence electrons. The van der Waals surface area contributed by atoms with E-state index in [1.165, 1.54) is 12.1 Å². The van der Waals surface area contributed by atoms with Gasteiger partial charge in [0.2, 0.25) is 0 Å². The van der Waals surface area contributed by atoms with E-state index in [0.717, 1.165) is 12.0 Å². The van der Waals surface area contributed by atoms with Crippen molar-refractivity contribution in [3.8, 4) is 11.5 Å². The van der Waals surface area contributed by atoms with Crippen LogP contribution in [0.1, 0.15) is 24.9 Å². The predicted octanol–water partition coefficient (Wildman–Crippen LogP) is 4.68. The Morgan fingerprint density at radius 1 is 1.21 bits per heavy atom. The van der Waals surface area contributed by atoms with Crippen molar-refractivity contribution in [1.82, 2.24) is 0 Å². The third-order valence-electron chi connectivity index (χ3n) is 2.89. The van der Waals surface area contributed by atoms with Crippen LogP contribution in [0, 0.1) is 5.82 Å². The molecule has 4 heteroatoms. The summed E-state index contributed by atoms with van der Waals surface area (Å²) in [7, 11) is 0. The molecule has 0 saturated heterocycles. The Balaban J connectivity index is 2.18. The lowest BCUT2D eigenvalue weighted by Crippen LogP contribution is -2.08. The lowest BCUT2D eigenvalue weighted by atomic mass is 10.1. The fourth-order valence-electron chi connectivity index (χ4n) is 1.71. The van der Waals surface area contributed by atoms with Gasteiger partial charge in [-0.2, -0.15) is 0 Å². The van der Waals surface area contributed by atoms with Crippen LogP contribution >= 0.6 is 11.6 Å². The van der Waals surface area contributed by atoms with E-state index < -0.39 is 5.82 Å². The first-order valence-electron chi connectivity index (χ1n) is 6.09. The van der Waals surface area contributed by atoms with Crippen molar-refractivity contribution in [2.75, 3.05) is 0 Å². The normalized spacial score (nSPS) is 12.2. The van der Waals surface area contributed by atoms with E-state index in [2.05, 4.69) is 0 Å². The predicted molar refractivity (Wildman–Crippen MR) is 75.1 cm³/mol. The SMILES string of the molecule is CCC(N)c1ccc(Oc2cccc(Cl)c2F)cc1. The van der Waals surface area contributed by atoms with Gasteiger partial charge in [-0.05, 0) is 36.2 Å². The topological polar surface area (TPSA) is 35.2 Å². The maximum atomic E-state index is 13.7. The van der Waals surface area contributed by atoms with Crippen LogP contribution in [0.3, 0.4) is 0 Å². The van der Waals surface area contributed by atoms with Crippen LogP contribution < -0.4 is 10.5 Å². The Bertz CT molecular complexity index is 557. The molecule has 0 amide bonds. The third-order valence-corrected chi connectivity index (χ3v) is 3.18. The summed E-state index contributed by atoms with van der Waals surface area (Å²) >= 11 is 5.69. The van der Waals surface area contributed by atoms with Crippen LogP contribution in [-0.2, 0) is 0 Å². The lowest BCUT2D eigenvalue weighted by Gasteiger charge is -2.11. The van der Waals surface area contributed by atoms with Crippen molar-refractivity contribution >= 4 is 11.6 Å². The van der Waals surface area contributed by atoms with E-state index in [1.54, 1.807) is 18.2 Å². The molecule has 0 radical (unpaired) electrons. The fourth-order valence-corrected chi connectivity index (χ4v) is 1.87. The third kappa shape index (κ3) is 3.25. The number of hydrogen-bond acceptors (Lipinski definition) is 2. The van der Waals surface area contributed by atoms with Gasteiger partial charge in [-0.15, -0.1) is 0 Å². The van der Waals surface area contributed by atoms with Crippen molar-refractivity contribution in [3.63, 3.8) is 0 Å². The molecule has 0 bridgehead atoms. The van der Waals surface area contributed by atoms with E-state index in [1.807, 2.05) is 19.1 Å². The molecule has 0 saturated carbocycles. The van der Waals surface area contributed by atoms with Crippen molar-refractivity contribution in [3.05, 3.63) is 58.9 Å². The first kappa shape index (κ1) is 13.8. The minimum atomic E-state index is -0.557. The quantitative estimate of drug-likeness (QED) is 0.882. The average molecular weight is 280 g/mol. The second kappa shape index (κ2) is 6.04. The van der Waals surface area contributed by atoms with Crippen LogP contribution in [0.2, 0.25) is 5.02 Å². The Kier molecular flexibility index (Phi) is 4.40. The molecule has 2 nitrogen and oxygen atoms in total. The lowest BCUT2D eigenvalue weighted by molar-refractivity contribution is 0.442. The van der Waals surface area contributed by atoms with Gasteiger partial charge in [-0.1, -0.05) is 36.7 Å². The van der Waals surface area contributed by atoms with Gasteiger partial charge in [0, 0.05) is 6.04 Å². The van der Waals surface area contributed by atoms with Gasteiger partial charge in [-0.25, -0.2) is 4.39 Å². The zero-order valence-electron chi connectivity index (χ0n) is 10.6. The Labute approximate surface area is 117 Å². The molecule has 0 heterocycles. The van der Waals surface area contributed by atoms with E-state index in [-0.39, 0.29) is 16.8 Å². The maximum absolute atomic E-state index is 13.7. The fraction of sp³-hybridized carbons (Fsp3) is 0.200. The number of ether oxygens (including phenoxy) is 1. The Morgan fingerprint density at radius 2 is 1.89 bits per heavy atom. The summed E-state index contributed by atoms with van der Waals surface area (Å²) in [5.74, 6) is 0.103. The second-order valence-electron chi connectivity index (χ2n) is 4.24. The van der Waals surface area contributed by atoms with E-state index in [4.69, 9.17) is 22.1 Å². The minimum absolute atomic E-state index is 0.0111. The number of nitrogens with two attached hydrogens (primary N) is 1. The molecule has 2 rings (SSSR count). The Hall–Kier alpha value is -1.58. The smallest absolute Gasteiger partial charge is 0.184 e. The molecule has 2 aromatic carbocycles. The molecule has 2 aromatic rings. The van der Waals surface area contributed by atoms with Crippen molar-refractivity contribution in [2.45, 2.75) is 19.4 Å². The standard InChI is InChI=1S/C15H15ClFNO/c1-2-13(18)10-6-8-11(9-7-10)19-14-5-3-4-12(16)15(14)17/h3-9,13H,2,18H2,1H3. The highest BCUT2D eigenvalue weighted by Gasteiger charge is 2.09. The molecule has 0 aromatic heterocycles. The van der Waals surface area contributed by atoms with Crippen molar-refractivity contribution in [1.29, 1.82) is 0 Å². The van der Waals surface area contributed by atoms with Crippen LogP contribution in [0.4, 0.5) is 4.39 Å².